The van der Waals surface area contributed by atoms with Crippen molar-refractivity contribution < 1.29 is 4.79 Å². The molecular formula is C7H14BrNOS. The van der Waals surface area contributed by atoms with Crippen LogP contribution in [0.4, 0.5) is 0 Å². The first-order valence-electron chi connectivity index (χ1n) is 3.71. The molecule has 0 radical (unpaired) electrons. The quantitative estimate of drug-likeness (QED) is 0.565. The molecule has 0 aromatic rings. The molecule has 0 heterocycles. The van der Waals surface area contributed by atoms with Crippen LogP contribution in [0.3, 0.4) is 0 Å². The molecule has 0 bridgehead atoms. The third-order valence-electron chi connectivity index (χ3n) is 1.04. The molecule has 0 aromatic carbocycles. The Labute approximate surface area is 80.6 Å². The van der Waals surface area contributed by atoms with Crippen molar-refractivity contribution in [2.24, 2.45) is 0 Å². The monoisotopic (exact) mass is 239 g/mol. The zero-order chi connectivity index (χ0) is 8.53. The number of thioether (sulfide) groups is 1. The van der Waals surface area contributed by atoms with Gasteiger partial charge in [-0.25, -0.2) is 0 Å². The average Bonchev–Trinajstić information content (AvgIpc) is 2.04. The van der Waals surface area contributed by atoms with Crippen LogP contribution >= 0.6 is 27.7 Å². The summed E-state index contributed by atoms with van der Waals surface area (Å²) in [5, 5.41) is 3.19. The smallest absolute Gasteiger partial charge is 0.230 e. The van der Waals surface area contributed by atoms with Gasteiger partial charge in [-0.3, -0.25) is 4.79 Å². The summed E-state index contributed by atoms with van der Waals surface area (Å²) >= 11 is 4.95. The molecule has 0 spiro atoms. The van der Waals surface area contributed by atoms with Crippen LogP contribution in [-0.2, 0) is 4.79 Å². The van der Waals surface area contributed by atoms with E-state index >= 15 is 0 Å². The molecule has 4 heteroatoms. The number of carbonyl (C=O) groups is 1. The topological polar surface area (TPSA) is 29.1 Å². The van der Waals surface area contributed by atoms with Crippen molar-refractivity contribution >= 4 is 33.6 Å². The van der Waals surface area contributed by atoms with E-state index in [4.69, 9.17) is 0 Å². The van der Waals surface area contributed by atoms with E-state index in [1.54, 1.807) is 0 Å². The van der Waals surface area contributed by atoms with Gasteiger partial charge in [0.1, 0.15) is 0 Å². The predicted octanol–water partition coefficient (Wildman–Crippen LogP) is 1.64. The largest absolute Gasteiger partial charge is 0.355 e. The number of hydrogen-bond donors (Lipinski definition) is 1. The van der Waals surface area contributed by atoms with Crippen molar-refractivity contribution in [3.05, 3.63) is 0 Å². The van der Waals surface area contributed by atoms with Gasteiger partial charge in [-0.2, -0.15) is 11.8 Å². The highest BCUT2D eigenvalue weighted by atomic mass is 79.9. The van der Waals surface area contributed by atoms with Crippen LogP contribution in [0.15, 0.2) is 0 Å². The Balaban J connectivity index is 2.95. The molecule has 11 heavy (non-hydrogen) atoms. The molecule has 1 amide bonds. The van der Waals surface area contributed by atoms with Crippen molar-refractivity contribution in [1.82, 2.24) is 5.32 Å². The van der Waals surface area contributed by atoms with Crippen molar-refractivity contribution in [1.29, 1.82) is 0 Å². The van der Waals surface area contributed by atoms with Crippen LogP contribution < -0.4 is 5.32 Å². The van der Waals surface area contributed by atoms with Gasteiger partial charge < -0.3 is 5.32 Å². The number of nitrogens with one attached hydrogen (secondary N) is 1. The number of alkyl halides is 1. The summed E-state index contributed by atoms with van der Waals surface area (Å²) in [6, 6.07) is 0. The lowest BCUT2D eigenvalue weighted by atomic mass is 10.6. The number of halogens is 1. The van der Waals surface area contributed by atoms with Crippen molar-refractivity contribution in [2.75, 3.05) is 23.4 Å². The maximum atomic E-state index is 10.7. The second kappa shape index (κ2) is 8.40. The zero-order valence-electron chi connectivity index (χ0n) is 6.73. The highest BCUT2D eigenvalue weighted by molar-refractivity contribution is 9.09. The molecule has 0 saturated heterocycles. The normalized spacial score (nSPS) is 9.64. The Morgan fingerprint density at radius 1 is 1.55 bits per heavy atom. The zero-order valence-corrected chi connectivity index (χ0v) is 9.13. The van der Waals surface area contributed by atoms with Gasteiger partial charge in [0.15, 0.2) is 0 Å². The number of rotatable bonds is 6. The first-order valence-corrected chi connectivity index (χ1v) is 5.99. The lowest BCUT2D eigenvalue weighted by Gasteiger charge is -2.01. The van der Waals surface area contributed by atoms with E-state index in [0.717, 1.165) is 12.3 Å². The molecule has 0 aliphatic carbocycles. The van der Waals surface area contributed by atoms with Crippen LogP contribution in [0.1, 0.15) is 13.3 Å². The van der Waals surface area contributed by atoms with Gasteiger partial charge in [-0.05, 0) is 12.2 Å². The molecule has 0 aliphatic rings. The fourth-order valence-corrected chi connectivity index (χ4v) is 1.49. The third kappa shape index (κ3) is 8.20. The third-order valence-corrected chi connectivity index (χ3v) is 2.74. The van der Waals surface area contributed by atoms with Crippen LogP contribution in [0.5, 0.6) is 0 Å². The number of carbonyl (C=O) groups excluding carboxylic acids is 1. The molecular weight excluding hydrogens is 226 g/mol. The maximum absolute atomic E-state index is 10.7. The van der Waals surface area contributed by atoms with E-state index < -0.39 is 0 Å². The van der Waals surface area contributed by atoms with Gasteiger partial charge in [0.2, 0.25) is 5.91 Å². The second-order valence-corrected chi connectivity index (χ2v) is 3.88. The second-order valence-electron chi connectivity index (χ2n) is 2.10. The van der Waals surface area contributed by atoms with Crippen LogP contribution in [0.2, 0.25) is 0 Å². The highest BCUT2D eigenvalue weighted by Gasteiger charge is 1.94. The van der Waals surface area contributed by atoms with Gasteiger partial charge in [0.05, 0.1) is 5.33 Å². The molecule has 0 fully saturated rings. The molecule has 0 rings (SSSR count). The number of hydrogen-bond acceptors (Lipinski definition) is 2. The highest BCUT2D eigenvalue weighted by Crippen LogP contribution is 1.99. The summed E-state index contributed by atoms with van der Waals surface area (Å²) in [6.45, 7) is 2.94. The Morgan fingerprint density at radius 2 is 2.27 bits per heavy atom. The lowest BCUT2D eigenvalue weighted by molar-refractivity contribution is -0.118. The first kappa shape index (κ1) is 11.3. The van der Waals surface area contributed by atoms with Crippen LogP contribution in [0.25, 0.3) is 0 Å². The van der Waals surface area contributed by atoms with Crippen molar-refractivity contribution in [3.63, 3.8) is 0 Å². The summed E-state index contributed by atoms with van der Waals surface area (Å²) < 4.78 is 0. The van der Waals surface area contributed by atoms with Crippen molar-refractivity contribution in [2.45, 2.75) is 13.3 Å². The summed E-state index contributed by atoms with van der Waals surface area (Å²) in [5.41, 5.74) is 0. The summed E-state index contributed by atoms with van der Waals surface area (Å²) in [6.07, 6.45) is 1.21. The van der Waals surface area contributed by atoms with Gasteiger partial charge >= 0.3 is 0 Å². The molecule has 0 atom stereocenters. The minimum Gasteiger partial charge on any atom is -0.355 e. The number of amides is 1. The molecule has 0 aliphatic heterocycles. The molecule has 2 nitrogen and oxygen atoms in total. The fraction of sp³-hybridized carbons (Fsp3) is 0.857. The minimum absolute atomic E-state index is 0.0714. The summed E-state index contributed by atoms with van der Waals surface area (Å²) in [4.78, 5) is 10.7. The minimum atomic E-state index is 0.0714. The Hall–Kier alpha value is 0.300. The van der Waals surface area contributed by atoms with E-state index in [2.05, 4.69) is 28.2 Å². The van der Waals surface area contributed by atoms with Crippen molar-refractivity contribution in [3.8, 4) is 0 Å². The van der Waals surface area contributed by atoms with E-state index in [-0.39, 0.29) is 5.91 Å². The fourth-order valence-electron chi connectivity index (χ4n) is 0.556. The van der Waals surface area contributed by atoms with E-state index in [1.807, 2.05) is 11.8 Å². The van der Waals surface area contributed by atoms with E-state index in [0.29, 0.717) is 5.33 Å². The Bertz CT molecular complexity index is 111. The van der Waals surface area contributed by atoms with Crippen LogP contribution in [0, 0.1) is 0 Å². The molecule has 0 saturated carbocycles. The van der Waals surface area contributed by atoms with E-state index in [1.165, 1.54) is 12.2 Å². The van der Waals surface area contributed by atoms with Gasteiger partial charge in [0.25, 0.3) is 0 Å². The standard InChI is InChI=1S/C7H14BrNOS/c1-2-4-11-5-3-9-7(10)6-8/h2-6H2,1H3,(H,9,10). The first-order chi connectivity index (χ1) is 5.31. The molecule has 0 unspecified atom stereocenters. The van der Waals surface area contributed by atoms with Crippen LogP contribution in [-0.4, -0.2) is 29.3 Å². The molecule has 0 aromatic heterocycles. The summed E-state index contributed by atoms with van der Waals surface area (Å²) in [7, 11) is 0. The maximum Gasteiger partial charge on any atom is 0.230 e. The predicted molar refractivity (Wildman–Crippen MR) is 54.4 cm³/mol. The lowest BCUT2D eigenvalue weighted by Crippen LogP contribution is -2.26. The molecule has 66 valence electrons. The SMILES string of the molecule is CCCSCCNC(=O)CBr. The molecule has 1 N–H and O–H groups in total. The average molecular weight is 240 g/mol. The van der Waals surface area contributed by atoms with Gasteiger partial charge in [-0.15, -0.1) is 0 Å². The Kier molecular flexibility index (Phi) is 8.63. The van der Waals surface area contributed by atoms with Gasteiger partial charge in [0, 0.05) is 12.3 Å². The van der Waals surface area contributed by atoms with E-state index in [9.17, 15) is 4.79 Å². The summed E-state index contributed by atoms with van der Waals surface area (Å²) in [5.74, 6) is 2.28. The Morgan fingerprint density at radius 3 is 2.82 bits per heavy atom. The van der Waals surface area contributed by atoms with Gasteiger partial charge in [-0.1, -0.05) is 22.9 Å².